The van der Waals surface area contributed by atoms with Crippen LogP contribution in [0.4, 0.5) is 8.78 Å². The van der Waals surface area contributed by atoms with Crippen LogP contribution in [-0.2, 0) is 10.7 Å². The van der Waals surface area contributed by atoms with Crippen molar-refractivity contribution in [2.45, 2.75) is 37.1 Å². The molecule has 1 fully saturated rings. The first-order chi connectivity index (χ1) is 12.7. The van der Waals surface area contributed by atoms with E-state index in [0.29, 0.717) is 29.1 Å². The largest absolute Gasteiger partial charge is 0.356 e. The van der Waals surface area contributed by atoms with Crippen molar-refractivity contribution in [2.75, 3.05) is 0 Å². The Labute approximate surface area is 161 Å². The van der Waals surface area contributed by atoms with Gasteiger partial charge in [-0.2, -0.15) is 8.78 Å². The molecule has 1 aliphatic rings. The lowest BCUT2D eigenvalue weighted by Crippen LogP contribution is -2.47. The standard InChI is InChI=1S/C17H15Cl2F2N3O3/c18-11-5-4-8(6-12(11)19)9-2-1-3-13(9)23-15(26)17(20,21)10-7-22-16(27)24-14(10)25/h4-7,9,13H,1-3H2,(H,23,26)(H2,22,24,25,27). The Morgan fingerprint density at radius 2 is 1.93 bits per heavy atom. The van der Waals surface area contributed by atoms with Crippen LogP contribution < -0.4 is 16.6 Å². The van der Waals surface area contributed by atoms with E-state index >= 15 is 0 Å². The minimum Gasteiger partial charge on any atom is -0.347 e. The van der Waals surface area contributed by atoms with E-state index in [4.69, 9.17) is 23.2 Å². The van der Waals surface area contributed by atoms with Crippen molar-refractivity contribution in [1.29, 1.82) is 0 Å². The van der Waals surface area contributed by atoms with Crippen LogP contribution in [0.2, 0.25) is 10.0 Å². The number of alkyl halides is 2. The summed E-state index contributed by atoms with van der Waals surface area (Å²) >= 11 is 11.9. The van der Waals surface area contributed by atoms with Gasteiger partial charge in [0, 0.05) is 18.2 Å². The molecule has 2 unspecified atom stereocenters. The second-order valence-electron chi connectivity index (χ2n) is 6.35. The Hall–Kier alpha value is -2.19. The highest BCUT2D eigenvalue weighted by Crippen LogP contribution is 2.38. The molecule has 0 aliphatic heterocycles. The van der Waals surface area contributed by atoms with E-state index in [-0.39, 0.29) is 5.92 Å². The Bertz CT molecular complexity index is 990. The first-order valence-corrected chi connectivity index (χ1v) is 8.92. The molecule has 1 aromatic heterocycles. The van der Waals surface area contributed by atoms with Gasteiger partial charge in [-0.3, -0.25) is 14.6 Å². The first kappa shape index (κ1) is 19.6. The molecular weight excluding hydrogens is 403 g/mol. The summed E-state index contributed by atoms with van der Waals surface area (Å²) < 4.78 is 28.9. The van der Waals surface area contributed by atoms with E-state index in [2.05, 4.69) is 5.32 Å². The molecule has 0 saturated heterocycles. The van der Waals surface area contributed by atoms with E-state index in [9.17, 15) is 23.2 Å². The van der Waals surface area contributed by atoms with E-state index < -0.39 is 34.7 Å². The number of hydrogen-bond donors (Lipinski definition) is 3. The fraction of sp³-hybridized carbons (Fsp3) is 0.353. The van der Waals surface area contributed by atoms with E-state index in [0.717, 1.165) is 12.0 Å². The molecule has 1 saturated carbocycles. The highest BCUT2D eigenvalue weighted by atomic mass is 35.5. The molecule has 1 aliphatic carbocycles. The summed E-state index contributed by atoms with van der Waals surface area (Å²) in [6.45, 7) is 0. The SMILES string of the molecule is O=C(NC1CCCC1c1ccc(Cl)c(Cl)c1)C(F)(F)c1c[nH]c(=O)[nH]c1=O. The smallest absolute Gasteiger partial charge is 0.347 e. The number of carbonyl (C=O) groups is 1. The minimum atomic E-state index is -4.09. The van der Waals surface area contributed by atoms with Crippen LogP contribution in [0.25, 0.3) is 0 Å². The quantitative estimate of drug-likeness (QED) is 0.713. The number of aromatic nitrogens is 2. The summed E-state index contributed by atoms with van der Waals surface area (Å²) in [6, 6.07) is 4.48. The third-order valence-electron chi connectivity index (χ3n) is 4.65. The molecule has 144 valence electrons. The number of nitrogens with one attached hydrogen (secondary N) is 3. The molecule has 27 heavy (non-hydrogen) atoms. The molecule has 2 atom stereocenters. The van der Waals surface area contributed by atoms with Gasteiger partial charge in [0.05, 0.1) is 10.0 Å². The van der Waals surface area contributed by atoms with E-state index in [1.807, 2.05) is 4.98 Å². The topological polar surface area (TPSA) is 94.8 Å². The summed E-state index contributed by atoms with van der Waals surface area (Å²) in [6.07, 6.45) is 2.48. The second kappa shape index (κ2) is 7.44. The summed E-state index contributed by atoms with van der Waals surface area (Å²) in [5, 5.41) is 3.05. The van der Waals surface area contributed by atoms with Crippen LogP contribution in [0.3, 0.4) is 0 Å². The predicted octanol–water partition coefficient (Wildman–Crippen LogP) is 2.91. The number of rotatable bonds is 4. The first-order valence-electron chi connectivity index (χ1n) is 8.16. The third-order valence-corrected chi connectivity index (χ3v) is 5.39. The lowest BCUT2D eigenvalue weighted by atomic mass is 9.93. The normalized spacial score (nSPS) is 19.9. The minimum absolute atomic E-state index is 0.201. The summed E-state index contributed by atoms with van der Waals surface area (Å²) in [7, 11) is 0. The lowest BCUT2D eigenvalue weighted by molar-refractivity contribution is -0.148. The van der Waals surface area contributed by atoms with Crippen molar-refractivity contribution in [3.8, 4) is 0 Å². The summed E-state index contributed by atoms with van der Waals surface area (Å²) in [5.74, 6) is -5.90. The Kier molecular flexibility index (Phi) is 5.39. The maximum atomic E-state index is 14.4. The van der Waals surface area contributed by atoms with Gasteiger partial charge in [-0.25, -0.2) is 4.79 Å². The van der Waals surface area contributed by atoms with Gasteiger partial charge < -0.3 is 10.3 Å². The molecule has 3 rings (SSSR count). The molecule has 10 heteroatoms. The highest BCUT2D eigenvalue weighted by molar-refractivity contribution is 6.42. The van der Waals surface area contributed by atoms with Crippen LogP contribution in [0.15, 0.2) is 34.0 Å². The number of amides is 1. The molecule has 0 radical (unpaired) electrons. The third kappa shape index (κ3) is 3.91. The van der Waals surface area contributed by atoms with Gasteiger partial charge >= 0.3 is 11.6 Å². The van der Waals surface area contributed by atoms with Gasteiger partial charge in [-0.1, -0.05) is 35.7 Å². The Balaban J connectivity index is 1.82. The number of carbonyl (C=O) groups excluding carboxylic acids is 1. The Morgan fingerprint density at radius 1 is 1.19 bits per heavy atom. The monoisotopic (exact) mass is 417 g/mol. The zero-order chi connectivity index (χ0) is 19.8. The lowest BCUT2D eigenvalue weighted by Gasteiger charge is -2.24. The van der Waals surface area contributed by atoms with E-state index in [1.165, 1.54) is 0 Å². The highest BCUT2D eigenvalue weighted by Gasteiger charge is 2.45. The fourth-order valence-electron chi connectivity index (χ4n) is 3.30. The molecule has 3 N–H and O–H groups in total. The van der Waals surface area contributed by atoms with Gasteiger partial charge in [0.25, 0.3) is 11.5 Å². The molecule has 6 nitrogen and oxygen atoms in total. The van der Waals surface area contributed by atoms with Crippen LogP contribution in [0.1, 0.15) is 36.3 Å². The zero-order valence-corrected chi connectivity index (χ0v) is 15.3. The number of benzene rings is 1. The summed E-state index contributed by atoms with van der Waals surface area (Å²) in [4.78, 5) is 38.4. The van der Waals surface area contributed by atoms with Crippen LogP contribution in [0.5, 0.6) is 0 Å². The maximum absolute atomic E-state index is 14.4. The molecule has 0 spiro atoms. The number of H-pyrrole nitrogens is 2. The van der Waals surface area contributed by atoms with Gasteiger partial charge in [-0.15, -0.1) is 0 Å². The molecule has 1 amide bonds. The fourth-order valence-corrected chi connectivity index (χ4v) is 3.61. The number of halogens is 4. The van der Waals surface area contributed by atoms with Gasteiger partial charge in [0.2, 0.25) is 0 Å². The summed E-state index contributed by atoms with van der Waals surface area (Å²) in [5.41, 5.74) is -2.58. The van der Waals surface area contributed by atoms with Gasteiger partial charge in [0.15, 0.2) is 0 Å². The molecule has 1 aromatic carbocycles. The molecule has 1 heterocycles. The van der Waals surface area contributed by atoms with Crippen molar-refractivity contribution in [1.82, 2.24) is 15.3 Å². The van der Waals surface area contributed by atoms with Crippen LogP contribution in [0, 0.1) is 0 Å². The number of aromatic amines is 2. The van der Waals surface area contributed by atoms with Crippen molar-refractivity contribution in [3.63, 3.8) is 0 Å². The van der Waals surface area contributed by atoms with Crippen LogP contribution in [-0.4, -0.2) is 21.9 Å². The van der Waals surface area contributed by atoms with Crippen LogP contribution >= 0.6 is 23.2 Å². The number of hydrogen-bond acceptors (Lipinski definition) is 3. The van der Waals surface area contributed by atoms with Gasteiger partial charge in [-0.05, 0) is 30.5 Å². The average Bonchev–Trinajstić information content (AvgIpc) is 3.05. The van der Waals surface area contributed by atoms with Crippen molar-refractivity contribution >= 4 is 29.1 Å². The van der Waals surface area contributed by atoms with Gasteiger partial charge in [0.1, 0.15) is 5.56 Å². The molecule has 0 bridgehead atoms. The zero-order valence-electron chi connectivity index (χ0n) is 13.8. The van der Waals surface area contributed by atoms with Crippen molar-refractivity contribution in [3.05, 3.63) is 66.4 Å². The van der Waals surface area contributed by atoms with E-state index in [1.54, 1.807) is 23.2 Å². The van der Waals surface area contributed by atoms with Crippen molar-refractivity contribution < 1.29 is 13.6 Å². The second-order valence-corrected chi connectivity index (χ2v) is 7.17. The Morgan fingerprint density at radius 3 is 2.59 bits per heavy atom. The molecule has 2 aromatic rings. The van der Waals surface area contributed by atoms with Crippen molar-refractivity contribution in [2.24, 2.45) is 0 Å². The molecular formula is C17H15Cl2F2N3O3. The predicted molar refractivity (Wildman–Crippen MR) is 96.6 cm³/mol. The maximum Gasteiger partial charge on any atom is 0.356 e. The average molecular weight is 418 g/mol.